The van der Waals surface area contributed by atoms with Gasteiger partial charge in [-0.15, -0.1) is 11.6 Å². The van der Waals surface area contributed by atoms with Crippen LogP contribution >= 0.6 is 11.6 Å². The number of carbonyl (C=O) groups excluding carboxylic acids is 1. The molecule has 0 aliphatic carbocycles. The summed E-state index contributed by atoms with van der Waals surface area (Å²) in [5, 5.41) is 8.22. The second kappa shape index (κ2) is 5.83. The Morgan fingerprint density at radius 1 is 1.50 bits per heavy atom. The molecule has 0 saturated carbocycles. The number of halogens is 1. The molecule has 0 bridgehead atoms. The van der Waals surface area contributed by atoms with Crippen LogP contribution in [0.5, 0.6) is 0 Å². The van der Waals surface area contributed by atoms with Crippen molar-refractivity contribution in [1.29, 1.82) is 0 Å². The molecular formula is C7H11ClO4. The first-order valence-electron chi connectivity index (χ1n) is 3.53. The highest BCUT2D eigenvalue weighted by Gasteiger charge is 2.09. The second-order valence-corrected chi connectivity index (χ2v) is 2.66. The molecule has 0 saturated heterocycles. The molecule has 12 heavy (non-hydrogen) atoms. The molecule has 0 rings (SSSR count). The molecule has 0 aromatic heterocycles. The molecule has 0 aliphatic heterocycles. The molecule has 0 aromatic carbocycles. The van der Waals surface area contributed by atoms with Crippen molar-refractivity contribution in [2.45, 2.75) is 25.9 Å². The maximum Gasteiger partial charge on any atom is 0.306 e. The predicted octanol–water partition coefficient (Wildman–Crippen LogP) is 1.02. The molecule has 1 unspecified atom stereocenters. The Morgan fingerprint density at radius 2 is 2.08 bits per heavy atom. The quantitative estimate of drug-likeness (QED) is 0.524. The van der Waals surface area contributed by atoms with Crippen LogP contribution in [0.4, 0.5) is 0 Å². The van der Waals surface area contributed by atoms with E-state index in [0.717, 1.165) is 0 Å². The molecule has 1 atom stereocenters. The molecule has 0 aromatic rings. The van der Waals surface area contributed by atoms with Crippen LogP contribution in [0.15, 0.2) is 0 Å². The topological polar surface area (TPSA) is 63.6 Å². The van der Waals surface area contributed by atoms with Gasteiger partial charge in [-0.2, -0.15) is 0 Å². The van der Waals surface area contributed by atoms with Crippen LogP contribution in [0.3, 0.4) is 0 Å². The SMILES string of the molecule is CC(CCl)OC(=O)CCC(=O)O. The lowest BCUT2D eigenvalue weighted by Gasteiger charge is -2.08. The first kappa shape index (κ1) is 11.2. The van der Waals surface area contributed by atoms with Gasteiger partial charge in [0, 0.05) is 0 Å². The van der Waals surface area contributed by atoms with Gasteiger partial charge in [0.25, 0.3) is 0 Å². The van der Waals surface area contributed by atoms with E-state index in [0.29, 0.717) is 0 Å². The highest BCUT2D eigenvalue weighted by molar-refractivity contribution is 6.18. The van der Waals surface area contributed by atoms with Crippen molar-refractivity contribution in [2.75, 3.05) is 5.88 Å². The number of esters is 1. The summed E-state index contributed by atoms with van der Waals surface area (Å²) in [6, 6.07) is 0. The van der Waals surface area contributed by atoms with Gasteiger partial charge >= 0.3 is 11.9 Å². The lowest BCUT2D eigenvalue weighted by molar-refractivity contribution is -0.150. The van der Waals surface area contributed by atoms with Gasteiger partial charge in [-0.1, -0.05) is 0 Å². The number of carboxylic acids is 1. The van der Waals surface area contributed by atoms with E-state index in [4.69, 9.17) is 21.4 Å². The van der Waals surface area contributed by atoms with E-state index in [2.05, 4.69) is 0 Å². The fraction of sp³-hybridized carbons (Fsp3) is 0.714. The number of hydrogen-bond acceptors (Lipinski definition) is 3. The minimum absolute atomic E-state index is 0.101. The molecule has 4 nitrogen and oxygen atoms in total. The monoisotopic (exact) mass is 194 g/mol. The Kier molecular flexibility index (Phi) is 5.45. The standard InChI is InChI=1S/C7H11ClO4/c1-5(4-8)12-7(11)3-2-6(9)10/h5H,2-4H2,1H3,(H,9,10). The van der Waals surface area contributed by atoms with Crippen LogP contribution < -0.4 is 0 Å². The summed E-state index contributed by atoms with van der Waals surface area (Å²) in [6.07, 6.45) is -0.655. The Bertz CT molecular complexity index is 169. The molecule has 0 fully saturated rings. The number of rotatable bonds is 5. The van der Waals surface area contributed by atoms with Crippen LogP contribution in [-0.2, 0) is 14.3 Å². The average Bonchev–Trinajstić information content (AvgIpc) is 2.00. The van der Waals surface area contributed by atoms with E-state index < -0.39 is 11.9 Å². The summed E-state index contributed by atoms with van der Waals surface area (Å²) in [4.78, 5) is 20.8. The maximum atomic E-state index is 10.8. The molecule has 5 heteroatoms. The molecule has 0 amide bonds. The minimum Gasteiger partial charge on any atom is -0.481 e. The highest BCUT2D eigenvalue weighted by atomic mass is 35.5. The van der Waals surface area contributed by atoms with E-state index in [1.807, 2.05) is 0 Å². The van der Waals surface area contributed by atoms with Crippen molar-refractivity contribution in [3.8, 4) is 0 Å². The van der Waals surface area contributed by atoms with E-state index in [9.17, 15) is 9.59 Å². The third kappa shape index (κ3) is 5.97. The molecule has 0 spiro atoms. The van der Waals surface area contributed by atoms with Gasteiger partial charge in [0.2, 0.25) is 0 Å². The Morgan fingerprint density at radius 3 is 2.50 bits per heavy atom. The minimum atomic E-state index is -1.01. The zero-order valence-electron chi connectivity index (χ0n) is 6.75. The van der Waals surface area contributed by atoms with Gasteiger partial charge in [0.15, 0.2) is 0 Å². The van der Waals surface area contributed by atoms with Gasteiger partial charge in [0.05, 0.1) is 18.7 Å². The van der Waals surface area contributed by atoms with Gasteiger partial charge in [-0.05, 0) is 6.92 Å². The highest BCUT2D eigenvalue weighted by Crippen LogP contribution is 1.99. The van der Waals surface area contributed by atoms with Crippen molar-refractivity contribution in [3.63, 3.8) is 0 Å². The van der Waals surface area contributed by atoms with Crippen molar-refractivity contribution >= 4 is 23.5 Å². The number of aliphatic carboxylic acids is 1. The lowest BCUT2D eigenvalue weighted by atomic mass is 10.3. The first-order valence-corrected chi connectivity index (χ1v) is 4.07. The van der Waals surface area contributed by atoms with Crippen molar-refractivity contribution in [2.24, 2.45) is 0 Å². The fourth-order valence-electron chi connectivity index (χ4n) is 0.524. The summed E-state index contributed by atoms with van der Waals surface area (Å²) < 4.78 is 4.72. The van der Waals surface area contributed by atoms with Crippen LogP contribution in [0, 0.1) is 0 Å². The van der Waals surface area contributed by atoms with Crippen LogP contribution in [0.1, 0.15) is 19.8 Å². The van der Waals surface area contributed by atoms with Gasteiger partial charge in [0.1, 0.15) is 6.10 Å². The molecule has 70 valence electrons. The zero-order valence-corrected chi connectivity index (χ0v) is 7.50. The number of hydrogen-bond donors (Lipinski definition) is 1. The molecular weight excluding hydrogens is 184 g/mol. The molecule has 0 radical (unpaired) electrons. The average molecular weight is 195 g/mol. The van der Waals surface area contributed by atoms with Crippen LogP contribution in [0.2, 0.25) is 0 Å². The van der Waals surface area contributed by atoms with E-state index in [1.165, 1.54) is 0 Å². The van der Waals surface area contributed by atoms with E-state index in [1.54, 1.807) is 6.92 Å². The summed E-state index contributed by atoms with van der Waals surface area (Å²) in [5.74, 6) is -1.31. The summed E-state index contributed by atoms with van der Waals surface area (Å²) >= 11 is 5.37. The van der Waals surface area contributed by atoms with Gasteiger partial charge in [-0.25, -0.2) is 0 Å². The summed E-state index contributed by atoms with van der Waals surface area (Å²) in [7, 11) is 0. The van der Waals surface area contributed by atoms with E-state index in [-0.39, 0.29) is 24.8 Å². The third-order valence-electron chi connectivity index (χ3n) is 1.09. The van der Waals surface area contributed by atoms with Gasteiger partial charge in [-0.3, -0.25) is 9.59 Å². The predicted molar refractivity (Wildman–Crippen MR) is 43.1 cm³/mol. The first-order chi connectivity index (χ1) is 5.56. The number of carbonyl (C=O) groups is 2. The lowest BCUT2D eigenvalue weighted by Crippen LogP contribution is -2.16. The number of alkyl halides is 1. The van der Waals surface area contributed by atoms with Crippen molar-refractivity contribution in [3.05, 3.63) is 0 Å². The Balaban J connectivity index is 3.53. The second-order valence-electron chi connectivity index (χ2n) is 2.35. The third-order valence-corrected chi connectivity index (χ3v) is 1.53. The van der Waals surface area contributed by atoms with Crippen molar-refractivity contribution < 1.29 is 19.4 Å². The van der Waals surface area contributed by atoms with E-state index >= 15 is 0 Å². The Hall–Kier alpha value is -0.770. The largest absolute Gasteiger partial charge is 0.481 e. The fourth-order valence-corrected chi connectivity index (χ4v) is 0.587. The molecule has 0 aliphatic rings. The maximum absolute atomic E-state index is 10.8. The smallest absolute Gasteiger partial charge is 0.306 e. The summed E-state index contributed by atoms with van der Waals surface area (Å²) in [5.41, 5.74) is 0. The van der Waals surface area contributed by atoms with Gasteiger partial charge < -0.3 is 9.84 Å². The normalized spacial score (nSPS) is 12.2. The Labute approximate surface area is 75.5 Å². The molecule has 0 heterocycles. The number of carboxylic acid groups (broad SMARTS) is 1. The zero-order chi connectivity index (χ0) is 9.56. The van der Waals surface area contributed by atoms with Crippen LogP contribution in [0.25, 0.3) is 0 Å². The van der Waals surface area contributed by atoms with Crippen LogP contribution in [-0.4, -0.2) is 29.0 Å². The molecule has 1 N–H and O–H groups in total. The van der Waals surface area contributed by atoms with Crippen molar-refractivity contribution in [1.82, 2.24) is 0 Å². The number of ether oxygens (including phenoxy) is 1. The summed E-state index contributed by atoms with van der Waals surface area (Å²) in [6.45, 7) is 1.64.